The lowest BCUT2D eigenvalue weighted by atomic mass is 10.2. The van der Waals surface area contributed by atoms with Crippen LogP contribution in [0.1, 0.15) is 19.4 Å². The average molecular weight is 201 g/mol. The molecule has 4 heteroatoms. The van der Waals surface area contributed by atoms with Gasteiger partial charge in [0.2, 0.25) is 0 Å². The highest BCUT2D eigenvalue weighted by atomic mass is 35.5. The predicted octanol–water partition coefficient (Wildman–Crippen LogP) is 2.05. The van der Waals surface area contributed by atoms with Gasteiger partial charge in [-0.05, 0) is 19.9 Å². The third-order valence-corrected chi connectivity index (χ3v) is 1.88. The summed E-state index contributed by atoms with van der Waals surface area (Å²) in [5.74, 6) is 0.739. The maximum atomic E-state index is 8.94. The van der Waals surface area contributed by atoms with Crippen molar-refractivity contribution in [2.45, 2.75) is 26.5 Å². The van der Waals surface area contributed by atoms with Crippen LogP contribution in [0.5, 0.6) is 0 Å². The SMILES string of the molecule is CC(C)Nc1cc(CO)c(Cl)cn1. The Labute approximate surface area is 82.8 Å². The molecule has 0 saturated heterocycles. The summed E-state index contributed by atoms with van der Waals surface area (Å²) in [6, 6.07) is 2.07. The van der Waals surface area contributed by atoms with Crippen molar-refractivity contribution in [2.75, 3.05) is 5.32 Å². The summed E-state index contributed by atoms with van der Waals surface area (Å²) in [4.78, 5) is 4.07. The monoisotopic (exact) mass is 200 g/mol. The van der Waals surface area contributed by atoms with Crippen LogP contribution in [0, 0.1) is 0 Å². The number of nitrogens with one attached hydrogen (secondary N) is 1. The Morgan fingerprint density at radius 2 is 2.31 bits per heavy atom. The Kier molecular flexibility index (Phi) is 3.51. The van der Waals surface area contributed by atoms with Gasteiger partial charge in [-0.15, -0.1) is 0 Å². The molecular formula is C9H13ClN2O. The average Bonchev–Trinajstić information content (AvgIpc) is 2.07. The van der Waals surface area contributed by atoms with E-state index in [1.165, 1.54) is 6.20 Å². The maximum absolute atomic E-state index is 8.94. The number of pyridine rings is 1. The van der Waals surface area contributed by atoms with E-state index in [0.29, 0.717) is 16.6 Å². The smallest absolute Gasteiger partial charge is 0.126 e. The number of rotatable bonds is 3. The first-order valence-electron chi connectivity index (χ1n) is 4.15. The molecular weight excluding hydrogens is 188 g/mol. The highest BCUT2D eigenvalue weighted by molar-refractivity contribution is 6.31. The first-order chi connectivity index (χ1) is 6.13. The quantitative estimate of drug-likeness (QED) is 0.785. The van der Waals surface area contributed by atoms with E-state index in [1.807, 2.05) is 13.8 Å². The van der Waals surface area contributed by atoms with E-state index < -0.39 is 0 Å². The molecule has 1 rings (SSSR count). The van der Waals surface area contributed by atoms with Gasteiger partial charge in [0.25, 0.3) is 0 Å². The van der Waals surface area contributed by atoms with Crippen molar-refractivity contribution in [1.29, 1.82) is 0 Å². The van der Waals surface area contributed by atoms with Crippen LogP contribution in [0.4, 0.5) is 5.82 Å². The van der Waals surface area contributed by atoms with E-state index in [1.54, 1.807) is 6.07 Å². The first kappa shape index (κ1) is 10.3. The second-order valence-electron chi connectivity index (χ2n) is 3.12. The van der Waals surface area contributed by atoms with Gasteiger partial charge < -0.3 is 10.4 Å². The highest BCUT2D eigenvalue weighted by Gasteiger charge is 2.02. The van der Waals surface area contributed by atoms with Crippen molar-refractivity contribution in [2.24, 2.45) is 0 Å². The summed E-state index contributed by atoms with van der Waals surface area (Å²) in [6.07, 6.45) is 1.54. The Hall–Kier alpha value is -0.800. The molecule has 0 amide bonds. The standard InChI is InChI=1S/C9H13ClN2O/c1-6(2)12-9-3-7(5-13)8(10)4-11-9/h3-4,6,13H,5H2,1-2H3,(H,11,12). The molecule has 0 radical (unpaired) electrons. The van der Waals surface area contributed by atoms with Crippen molar-refractivity contribution in [1.82, 2.24) is 4.98 Å². The second-order valence-corrected chi connectivity index (χ2v) is 3.53. The largest absolute Gasteiger partial charge is 0.392 e. The predicted molar refractivity (Wildman–Crippen MR) is 53.9 cm³/mol. The van der Waals surface area contributed by atoms with Crippen LogP contribution >= 0.6 is 11.6 Å². The summed E-state index contributed by atoms with van der Waals surface area (Å²) >= 11 is 5.78. The molecule has 0 aliphatic heterocycles. The van der Waals surface area contributed by atoms with E-state index in [0.717, 1.165) is 5.82 Å². The van der Waals surface area contributed by atoms with E-state index in [4.69, 9.17) is 16.7 Å². The minimum Gasteiger partial charge on any atom is -0.392 e. The number of halogens is 1. The Bertz CT molecular complexity index is 289. The Morgan fingerprint density at radius 3 is 2.85 bits per heavy atom. The zero-order valence-electron chi connectivity index (χ0n) is 7.71. The maximum Gasteiger partial charge on any atom is 0.126 e. The molecule has 0 atom stereocenters. The van der Waals surface area contributed by atoms with Gasteiger partial charge in [0.15, 0.2) is 0 Å². The number of hydrogen-bond acceptors (Lipinski definition) is 3. The lowest BCUT2D eigenvalue weighted by molar-refractivity contribution is 0.282. The number of anilines is 1. The summed E-state index contributed by atoms with van der Waals surface area (Å²) in [6.45, 7) is 3.98. The van der Waals surface area contributed by atoms with Gasteiger partial charge in [0.05, 0.1) is 11.6 Å². The van der Waals surface area contributed by atoms with Gasteiger partial charge in [-0.1, -0.05) is 11.6 Å². The molecule has 72 valence electrons. The van der Waals surface area contributed by atoms with Crippen LogP contribution in [0.25, 0.3) is 0 Å². The van der Waals surface area contributed by atoms with Crippen LogP contribution in [0.15, 0.2) is 12.3 Å². The van der Waals surface area contributed by atoms with Crippen LogP contribution in [0.3, 0.4) is 0 Å². The molecule has 0 spiro atoms. The summed E-state index contributed by atoms with van der Waals surface area (Å²) in [5.41, 5.74) is 0.694. The number of hydrogen-bond donors (Lipinski definition) is 2. The lowest BCUT2D eigenvalue weighted by Gasteiger charge is -2.10. The molecule has 3 nitrogen and oxygen atoms in total. The molecule has 0 fully saturated rings. The highest BCUT2D eigenvalue weighted by Crippen LogP contribution is 2.17. The van der Waals surface area contributed by atoms with Crippen molar-refractivity contribution >= 4 is 17.4 Å². The molecule has 0 bridgehead atoms. The fourth-order valence-corrected chi connectivity index (χ4v) is 1.14. The molecule has 0 aliphatic rings. The van der Waals surface area contributed by atoms with Crippen LogP contribution in [-0.4, -0.2) is 16.1 Å². The first-order valence-corrected chi connectivity index (χ1v) is 4.53. The van der Waals surface area contributed by atoms with Crippen molar-refractivity contribution < 1.29 is 5.11 Å². The fraction of sp³-hybridized carbons (Fsp3) is 0.444. The molecule has 0 saturated carbocycles. The molecule has 1 heterocycles. The van der Waals surface area contributed by atoms with Gasteiger partial charge in [-0.2, -0.15) is 0 Å². The van der Waals surface area contributed by atoms with Crippen molar-refractivity contribution in [3.63, 3.8) is 0 Å². The van der Waals surface area contributed by atoms with Gasteiger partial charge in [-0.3, -0.25) is 0 Å². The molecule has 0 aliphatic carbocycles. The van der Waals surface area contributed by atoms with Crippen molar-refractivity contribution in [3.05, 3.63) is 22.8 Å². The summed E-state index contributed by atoms with van der Waals surface area (Å²) in [5, 5.41) is 12.6. The number of aliphatic hydroxyl groups is 1. The zero-order chi connectivity index (χ0) is 9.84. The number of aromatic nitrogens is 1. The van der Waals surface area contributed by atoms with Gasteiger partial charge in [-0.25, -0.2) is 4.98 Å². The molecule has 2 N–H and O–H groups in total. The molecule has 1 aromatic heterocycles. The summed E-state index contributed by atoms with van der Waals surface area (Å²) in [7, 11) is 0. The zero-order valence-corrected chi connectivity index (χ0v) is 8.47. The topological polar surface area (TPSA) is 45.1 Å². The third-order valence-electron chi connectivity index (χ3n) is 1.54. The van der Waals surface area contributed by atoms with Gasteiger partial charge >= 0.3 is 0 Å². The third kappa shape index (κ3) is 2.86. The number of nitrogens with zero attached hydrogens (tertiary/aromatic N) is 1. The molecule has 1 aromatic rings. The molecule has 13 heavy (non-hydrogen) atoms. The van der Waals surface area contributed by atoms with E-state index in [9.17, 15) is 0 Å². The second kappa shape index (κ2) is 4.44. The van der Waals surface area contributed by atoms with Crippen molar-refractivity contribution in [3.8, 4) is 0 Å². The summed E-state index contributed by atoms with van der Waals surface area (Å²) < 4.78 is 0. The van der Waals surface area contributed by atoms with Crippen LogP contribution in [0.2, 0.25) is 5.02 Å². The van der Waals surface area contributed by atoms with Gasteiger partial charge in [0.1, 0.15) is 5.82 Å². The minimum absolute atomic E-state index is 0.0614. The van der Waals surface area contributed by atoms with E-state index in [-0.39, 0.29) is 6.61 Å². The van der Waals surface area contributed by atoms with E-state index >= 15 is 0 Å². The molecule has 0 aromatic carbocycles. The Morgan fingerprint density at radius 1 is 1.62 bits per heavy atom. The number of aliphatic hydroxyl groups excluding tert-OH is 1. The van der Waals surface area contributed by atoms with E-state index in [2.05, 4.69) is 10.3 Å². The Balaban J connectivity index is 2.86. The fourth-order valence-electron chi connectivity index (χ4n) is 0.976. The molecule has 0 unspecified atom stereocenters. The lowest BCUT2D eigenvalue weighted by Crippen LogP contribution is -2.11. The van der Waals surface area contributed by atoms with Crippen LogP contribution < -0.4 is 5.32 Å². The minimum atomic E-state index is -0.0614. The van der Waals surface area contributed by atoms with Gasteiger partial charge in [0, 0.05) is 17.8 Å². The normalized spacial score (nSPS) is 10.5. The van der Waals surface area contributed by atoms with Crippen LogP contribution in [-0.2, 0) is 6.61 Å².